The number of hydrogen-bond acceptors (Lipinski definition) is 5. The van der Waals surface area contributed by atoms with Crippen LogP contribution >= 0.6 is 0 Å². The predicted molar refractivity (Wildman–Crippen MR) is 99.9 cm³/mol. The zero-order chi connectivity index (χ0) is 19.2. The molecule has 1 N–H and O–H groups in total. The molecule has 144 valence electrons. The van der Waals surface area contributed by atoms with Crippen LogP contribution in [-0.2, 0) is 11.3 Å². The van der Waals surface area contributed by atoms with Crippen molar-refractivity contribution in [2.24, 2.45) is 5.92 Å². The van der Waals surface area contributed by atoms with Crippen molar-refractivity contribution in [2.45, 2.75) is 26.4 Å². The topological polar surface area (TPSA) is 84.5 Å². The lowest BCUT2D eigenvalue weighted by Crippen LogP contribution is -2.41. The van der Waals surface area contributed by atoms with Crippen LogP contribution in [0.2, 0.25) is 0 Å². The monoisotopic (exact) mass is 371 g/mol. The van der Waals surface area contributed by atoms with Crippen LogP contribution in [0.1, 0.15) is 46.3 Å². The Hall–Kier alpha value is -2.67. The molecule has 2 aromatic rings. The van der Waals surface area contributed by atoms with Gasteiger partial charge in [0.15, 0.2) is 11.5 Å². The minimum absolute atomic E-state index is 0.0109. The van der Waals surface area contributed by atoms with Crippen LogP contribution < -0.4 is 4.74 Å². The lowest BCUT2D eigenvalue weighted by Gasteiger charge is -2.31. The average molecular weight is 371 g/mol. The largest absolute Gasteiger partial charge is 0.487 e. The fourth-order valence-electron chi connectivity index (χ4n) is 3.29. The number of methoxy groups -OCH3 is 1. The molecule has 1 atom stereocenters. The van der Waals surface area contributed by atoms with Gasteiger partial charge in [0.2, 0.25) is 0 Å². The fraction of sp³-hybridized carbons (Fsp3) is 0.450. The van der Waals surface area contributed by atoms with Crippen LogP contribution in [0.3, 0.4) is 0 Å². The molecule has 27 heavy (non-hydrogen) atoms. The summed E-state index contributed by atoms with van der Waals surface area (Å²) in [6.45, 7) is 3.87. The van der Waals surface area contributed by atoms with Crippen LogP contribution in [0.4, 0.5) is 0 Å². The van der Waals surface area contributed by atoms with Crippen molar-refractivity contribution >= 4 is 11.7 Å². The summed E-state index contributed by atoms with van der Waals surface area (Å²) in [5, 5.41) is 6.99. The third-order valence-corrected chi connectivity index (χ3v) is 4.69. The van der Waals surface area contributed by atoms with Gasteiger partial charge in [-0.25, -0.2) is 0 Å². The molecule has 1 fully saturated rings. The van der Waals surface area contributed by atoms with Crippen molar-refractivity contribution in [3.63, 3.8) is 0 Å². The normalized spacial score (nSPS) is 17.0. The van der Waals surface area contributed by atoms with Crippen molar-refractivity contribution in [1.82, 2.24) is 15.1 Å². The second-order valence-electron chi connectivity index (χ2n) is 6.87. The summed E-state index contributed by atoms with van der Waals surface area (Å²) in [7, 11) is 1.69. The van der Waals surface area contributed by atoms with Gasteiger partial charge in [0.05, 0.1) is 12.3 Å². The molecule has 1 amide bonds. The van der Waals surface area contributed by atoms with Gasteiger partial charge >= 0.3 is 0 Å². The summed E-state index contributed by atoms with van der Waals surface area (Å²) in [4.78, 5) is 26.0. The number of likely N-dealkylation sites (tertiary alicyclic amines) is 1. The van der Waals surface area contributed by atoms with Gasteiger partial charge in [0.25, 0.3) is 5.91 Å². The molecule has 0 bridgehead atoms. The number of amides is 1. The first-order valence-electron chi connectivity index (χ1n) is 9.13. The third-order valence-electron chi connectivity index (χ3n) is 4.69. The lowest BCUT2D eigenvalue weighted by atomic mass is 9.99. The average Bonchev–Trinajstić information content (AvgIpc) is 3.15. The second kappa shape index (κ2) is 8.81. The van der Waals surface area contributed by atoms with Crippen LogP contribution in [0.15, 0.2) is 30.3 Å². The summed E-state index contributed by atoms with van der Waals surface area (Å²) in [6, 6.07) is 8.74. The number of H-pyrrole nitrogens is 1. The highest BCUT2D eigenvalue weighted by Gasteiger charge is 2.25. The van der Waals surface area contributed by atoms with Crippen molar-refractivity contribution < 1.29 is 19.1 Å². The van der Waals surface area contributed by atoms with Gasteiger partial charge in [-0.15, -0.1) is 0 Å². The van der Waals surface area contributed by atoms with E-state index in [1.54, 1.807) is 37.4 Å². The number of ketones is 1. The molecule has 1 aromatic carbocycles. The number of hydrogen-bond donors (Lipinski definition) is 1. The Bertz CT molecular complexity index is 800. The number of ether oxygens (including phenoxy) is 2. The molecule has 1 saturated heterocycles. The van der Waals surface area contributed by atoms with Gasteiger partial charge in [-0.3, -0.25) is 14.7 Å². The number of carbonyl (C=O) groups excluding carboxylic acids is 2. The molecule has 1 aliphatic heterocycles. The zero-order valence-electron chi connectivity index (χ0n) is 15.7. The fourth-order valence-corrected chi connectivity index (χ4v) is 3.29. The maximum atomic E-state index is 12.7. The summed E-state index contributed by atoms with van der Waals surface area (Å²) in [5.41, 5.74) is 1.70. The maximum Gasteiger partial charge on any atom is 0.274 e. The Balaban J connectivity index is 1.58. The number of piperidine rings is 1. The van der Waals surface area contributed by atoms with Crippen molar-refractivity contribution in [2.75, 3.05) is 26.8 Å². The molecule has 2 heterocycles. The Morgan fingerprint density at radius 3 is 2.96 bits per heavy atom. The van der Waals surface area contributed by atoms with Crippen LogP contribution in [0.25, 0.3) is 0 Å². The van der Waals surface area contributed by atoms with E-state index < -0.39 is 0 Å². The molecule has 1 aromatic heterocycles. The molecule has 0 radical (unpaired) electrons. The summed E-state index contributed by atoms with van der Waals surface area (Å²) < 4.78 is 10.9. The number of carbonyl (C=O) groups is 2. The first-order valence-corrected chi connectivity index (χ1v) is 9.13. The smallest absolute Gasteiger partial charge is 0.274 e. The molecule has 0 saturated carbocycles. The van der Waals surface area contributed by atoms with E-state index in [4.69, 9.17) is 9.47 Å². The Labute approximate surface area is 158 Å². The van der Waals surface area contributed by atoms with E-state index in [1.165, 1.54) is 6.92 Å². The molecule has 7 nitrogen and oxygen atoms in total. The van der Waals surface area contributed by atoms with Gasteiger partial charge in [0, 0.05) is 25.8 Å². The molecular weight excluding hydrogens is 346 g/mol. The molecule has 7 heteroatoms. The number of nitrogens with one attached hydrogen (secondary N) is 1. The van der Waals surface area contributed by atoms with Gasteiger partial charge in [-0.2, -0.15) is 5.10 Å². The Morgan fingerprint density at radius 1 is 1.33 bits per heavy atom. The first kappa shape index (κ1) is 19.1. The maximum absolute atomic E-state index is 12.7. The highest BCUT2D eigenvalue weighted by atomic mass is 16.5. The van der Waals surface area contributed by atoms with E-state index in [0.717, 1.165) is 19.4 Å². The number of nitrogens with zero attached hydrogens (tertiary/aromatic N) is 2. The molecule has 0 aliphatic carbocycles. The van der Waals surface area contributed by atoms with E-state index in [2.05, 4.69) is 10.2 Å². The molecule has 0 spiro atoms. The quantitative estimate of drug-likeness (QED) is 0.757. The van der Waals surface area contributed by atoms with Gasteiger partial charge in [-0.1, -0.05) is 12.1 Å². The molecule has 1 aliphatic rings. The van der Waals surface area contributed by atoms with Crippen LogP contribution in [0.5, 0.6) is 5.75 Å². The van der Waals surface area contributed by atoms with Crippen LogP contribution in [0, 0.1) is 5.92 Å². The number of aromatic nitrogens is 2. The van der Waals surface area contributed by atoms with E-state index in [-0.39, 0.29) is 18.3 Å². The number of aromatic amines is 1. The zero-order valence-corrected chi connectivity index (χ0v) is 15.7. The van der Waals surface area contributed by atoms with Crippen molar-refractivity contribution in [1.29, 1.82) is 0 Å². The molecular formula is C20H25N3O4. The second-order valence-corrected chi connectivity index (χ2v) is 6.87. The van der Waals surface area contributed by atoms with Gasteiger partial charge in [-0.05, 0) is 43.9 Å². The van der Waals surface area contributed by atoms with Crippen LogP contribution in [-0.4, -0.2) is 53.6 Å². The first-order chi connectivity index (χ1) is 13.1. The van der Waals surface area contributed by atoms with E-state index >= 15 is 0 Å². The van der Waals surface area contributed by atoms with Crippen molar-refractivity contribution in [3.8, 4) is 5.75 Å². The van der Waals surface area contributed by atoms with Gasteiger partial charge < -0.3 is 14.4 Å². The van der Waals surface area contributed by atoms with Crippen molar-refractivity contribution in [3.05, 3.63) is 47.3 Å². The standard InChI is InChI=1S/C20H25N3O4/c1-14(24)16-6-3-7-18(9-16)27-13-17-10-19(22-21-17)20(25)23-8-4-5-15(11-23)12-26-2/h3,6-7,9-10,15H,4-5,8,11-13H2,1-2H3,(H,21,22)/t15-/m0/s1. The Morgan fingerprint density at radius 2 is 2.19 bits per heavy atom. The lowest BCUT2D eigenvalue weighted by molar-refractivity contribution is 0.0565. The van der Waals surface area contributed by atoms with Gasteiger partial charge in [0.1, 0.15) is 12.4 Å². The summed E-state index contributed by atoms with van der Waals surface area (Å²) in [5.74, 6) is 0.895. The number of benzene rings is 1. The predicted octanol–water partition coefficient (Wildman–Crippen LogP) is 2.69. The van der Waals surface area contributed by atoms with E-state index in [9.17, 15) is 9.59 Å². The minimum atomic E-state index is -0.0723. The Kier molecular flexibility index (Phi) is 6.24. The SMILES string of the molecule is COC[C@H]1CCCN(C(=O)c2cc(COc3cccc(C(C)=O)c3)[nH]n2)C1. The third kappa shape index (κ3) is 4.95. The highest BCUT2D eigenvalue weighted by Crippen LogP contribution is 2.19. The highest BCUT2D eigenvalue weighted by molar-refractivity contribution is 5.94. The van der Waals surface area contributed by atoms with E-state index in [0.29, 0.717) is 41.8 Å². The molecule has 3 rings (SSSR count). The number of Topliss-reactive ketones (excluding diaryl/α,β-unsaturated/α-hetero) is 1. The minimum Gasteiger partial charge on any atom is -0.487 e. The van der Waals surface area contributed by atoms with E-state index in [1.807, 2.05) is 4.90 Å². The summed E-state index contributed by atoms with van der Waals surface area (Å²) in [6.07, 6.45) is 2.06. The molecule has 0 unspecified atom stereocenters. The number of rotatable bonds is 7. The summed E-state index contributed by atoms with van der Waals surface area (Å²) >= 11 is 0.